The van der Waals surface area contributed by atoms with E-state index >= 15 is 0 Å². The largest absolute Gasteiger partial charge is 0.550 e. The Labute approximate surface area is 122 Å². The van der Waals surface area contributed by atoms with E-state index in [9.17, 15) is 14.7 Å². The quantitative estimate of drug-likeness (QED) is 0.759. The van der Waals surface area contributed by atoms with E-state index in [2.05, 4.69) is 10.4 Å². The molecule has 0 radical (unpaired) electrons. The van der Waals surface area contributed by atoms with Gasteiger partial charge in [-0.1, -0.05) is 0 Å². The second-order valence-corrected chi connectivity index (χ2v) is 5.79. The molecule has 1 aromatic heterocycles. The molecule has 7 nitrogen and oxygen atoms in total. The molecule has 2 fully saturated rings. The van der Waals surface area contributed by atoms with Crippen molar-refractivity contribution in [3.63, 3.8) is 0 Å². The van der Waals surface area contributed by atoms with Gasteiger partial charge in [-0.05, 0) is 19.8 Å². The Hall–Kier alpha value is -1.89. The Morgan fingerprint density at radius 1 is 1.43 bits per heavy atom. The monoisotopic (exact) mass is 292 g/mol. The Morgan fingerprint density at radius 3 is 2.67 bits per heavy atom. The summed E-state index contributed by atoms with van der Waals surface area (Å²) in [7, 11) is 1.81. The van der Waals surface area contributed by atoms with Crippen molar-refractivity contribution in [1.29, 1.82) is 0 Å². The minimum absolute atomic E-state index is 0.278. The summed E-state index contributed by atoms with van der Waals surface area (Å²) in [5.41, 5.74) is 1.76. The Morgan fingerprint density at radius 2 is 2.10 bits per heavy atom. The second-order valence-electron chi connectivity index (χ2n) is 5.79. The van der Waals surface area contributed by atoms with Crippen LogP contribution in [0.25, 0.3) is 0 Å². The molecule has 0 saturated carbocycles. The lowest BCUT2D eigenvalue weighted by Gasteiger charge is -2.27. The lowest BCUT2D eigenvalue weighted by Crippen LogP contribution is -2.48. The number of carboxylic acid groups (broad SMARTS) is 1. The van der Waals surface area contributed by atoms with Crippen LogP contribution >= 0.6 is 0 Å². The van der Waals surface area contributed by atoms with Crippen LogP contribution in [0.1, 0.15) is 24.1 Å². The lowest BCUT2D eigenvalue weighted by molar-refractivity contribution is -0.314. The number of carbonyl (C=O) groups excluding carboxylic acids is 2. The van der Waals surface area contributed by atoms with Crippen molar-refractivity contribution in [2.75, 3.05) is 0 Å². The Kier molecular flexibility index (Phi) is 3.44. The fraction of sp³-hybridized carbons (Fsp3) is 0.643. The van der Waals surface area contributed by atoms with E-state index in [4.69, 9.17) is 4.74 Å². The Balaban J connectivity index is 1.67. The van der Waals surface area contributed by atoms with E-state index in [1.165, 1.54) is 0 Å². The van der Waals surface area contributed by atoms with Crippen LogP contribution in [0.15, 0.2) is 6.20 Å². The molecule has 3 rings (SSSR count). The van der Waals surface area contributed by atoms with E-state index in [0.29, 0.717) is 13.0 Å². The van der Waals surface area contributed by atoms with Gasteiger partial charge in [0.15, 0.2) is 0 Å². The molecule has 21 heavy (non-hydrogen) atoms. The average molecular weight is 292 g/mol. The number of ether oxygens (including phenoxy) is 1. The van der Waals surface area contributed by atoms with Crippen molar-refractivity contribution in [3.05, 3.63) is 17.5 Å². The number of hydrogen-bond donors (Lipinski definition) is 1. The first kappa shape index (κ1) is 14.1. The van der Waals surface area contributed by atoms with E-state index < -0.39 is 17.8 Å². The molecule has 1 aromatic rings. The van der Waals surface area contributed by atoms with Crippen LogP contribution < -0.4 is 10.4 Å². The summed E-state index contributed by atoms with van der Waals surface area (Å²) in [6.07, 6.45) is 2.58. The average Bonchev–Trinajstić information content (AvgIpc) is 3.09. The number of hydrogen-bond acceptors (Lipinski definition) is 5. The molecule has 1 N–H and O–H groups in total. The lowest BCUT2D eigenvalue weighted by atomic mass is 9.78. The van der Waals surface area contributed by atoms with Gasteiger partial charge in [-0.25, -0.2) is 0 Å². The molecule has 4 atom stereocenters. The molecular weight excluding hydrogens is 274 g/mol. The number of aromatic nitrogens is 2. The first-order chi connectivity index (χ1) is 9.97. The first-order valence-corrected chi connectivity index (χ1v) is 7.10. The van der Waals surface area contributed by atoms with Gasteiger partial charge in [0, 0.05) is 37.2 Å². The minimum Gasteiger partial charge on any atom is -0.550 e. The number of amides is 1. The zero-order chi connectivity index (χ0) is 15.1. The van der Waals surface area contributed by atoms with Crippen molar-refractivity contribution < 1.29 is 19.4 Å². The number of nitrogens with zero attached hydrogens (tertiary/aromatic N) is 2. The summed E-state index contributed by atoms with van der Waals surface area (Å²) in [5.74, 6) is -2.95. The molecule has 2 bridgehead atoms. The predicted octanol–water partition coefficient (Wildman–Crippen LogP) is -1.11. The highest BCUT2D eigenvalue weighted by Gasteiger charge is 2.52. The summed E-state index contributed by atoms with van der Waals surface area (Å²) in [6.45, 7) is 2.21. The summed E-state index contributed by atoms with van der Waals surface area (Å²) in [6, 6.07) is 0. The molecule has 0 spiro atoms. The summed E-state index contributed by atoms with van der Waals surface area (Å²) < 4.78 is 7.24. The number of fused-ring (bicyclic) bond motifs is 2. The van der Waals surface area contributed by atoms with Gasteiger partial charge in [-0.3, -0.25) is 9.48 Å². The third-order valence-corrected chi connectivity index (χ3v) is 4.42. The fourth-order valence-electron chi connectivity index (χ4n) is 3.43. The number of nitrogens with one attached hydrogen (secondary N) is 1. The molecule has 2 aliphatic rings. The van der Waals surface area contributed by atoms with E-state index in [0.717, 1.165) is 17.7 Å². The number of rotatable bonds is 4. The number of carbonyl (C=O) groups is 2. The van der Waals surface area contributed by atoms with Crippen molar-refractivity contribution in [1.82, 2.24) is 15.1 Å². The topological polar surface area (TPSA) is 96.3 Å². The molecule has 7 heteroatoms. The van der Waals surface area contributed by atoms with Crippen LogP contribution in [0.4, 0.5) is 0 Å². The summed E-state index contributed by atoms with van der Waals surface area (Å²) >= 11 is 0. The third-order valence-electron chi connectivity index (χ3n) is 4.42. The molecule has 0 aromatic carbocycles. The zero-order valence-electron chi connectivity index (χ0n) is 12.0. The van der Waals surface area contributed by atoms with E-state index in [1.807, 2.05) is 20.2 Å². The van der Waals surface area contributed by atoms with E-state index in [-0.39, 0.29) is 18.1 Å². The molecule has 114 valence electrons. The molecule has 3 heterocycles. The van der Waals surface area contributed by atoms with Crippen LogP contribution in [0.3, 0.4) is 0 Å². The van der Waals surface area contributed by atoms with Crippen LogP contribution in [-0.2, 0) is 27.9 Å². The van der Waals surface area contributed by atoms with Gasteiger partial charge < -0.3 is 20.0 Å². The third kappa shape index (κ3) is 2.42. The highest BCUT2D eigenvalue weighted by Crippen LogP contribution is 2.43. The zero-order valence-corrected chi connectivity index (χ0v) is 12.0. The van der Waals surface area contributed by atoms with Crippen LogP contribution in [-0.4, -0.2) is 33.9 Å². The smallest absolute Gasteiger partial charge is 0.226 e. The minimum atomic E-state index is -1.19. The molecule has 1 amide bonds. The Bertz CT molecular complexity index is 583. The second kappa shape index (κ2) is 5.14. The maximum Gasteiger partial charge on any atom is 0.226 e. The number of aliphatic carboxylic acids is 1. The highest BCUT2D eigenvalue weighted by atomic mass is 16.5. The van der Waals surface area contributed by atoms with Crippen LogP contribution in [0.5, 0.6) is 0 Å². The first-order valence-electron chi connectivity index (χ1n) is 7.10. The maximum atomic E-state index is 12.3. The van der Waals surface area contributed by atoms with Crippen molar-refractivity contribution in [3.8, 4) is 0 Å². The number of aryl methyl sites for hydroxylation is 2. The summed E-state index contributed by atoms with van der Waals surface area (Å²) in [4.78, 5) is 23.6. The maximum absolute atomic E-state index is 12.3. The van der Waals surface area contributed by atoms with Crippen molar-refractivity contribution >= 4 is 11.9 Å². The van der Waals surface area contributed by atoms with Gasteiger partial charge in [0.25, 0.3) is 0 Å². The standard InChI is InChI=1S/C14H19N3O4/c1-7-8(6-17(2)16-7)5-15-13(18)11-9-3-4-10(21-9)12(11)14(19)20/h6,9-12H,3-5H2,1-2H3,(H,15,18)(H,19,20)/p-1. The van der Waals surface area contributed by atoms with Gasteiger partial charge in [-0.2, -0.15) is 5.10 Å². The van der Waals surface area contributed by atoms with Gasteiger partial charge in [0.1, 0.15) is 0 Å². The fourth-order valence-corrected chi connectivity index (χ4v) is 3.43. The molecule has 2 saturated heterocycles. The molecule has 2 aliphatic heterocycles. The van der Waals surface area contributed by atoms with Gasteiger partial charge in [-0.15, -0.1) is 0 Å². The number of carboxylic acids is 1. The molecule has 4 unspecified atom stereocenters. The normalized spacial score (nSPS) is 30.6. The van der Waals surface area contributed by atoms with Crippen LogP contribution in [0.2, 0.25) is 0 Å². The highest BCUT2D eigenvalue weighted by molar-refractivity contribution is 5.86. The van der Waals surface area contributed by atoms with E-state index in [1.54, 1.807) is 4.68 Å². The van der Waals surface area contributed by atoms with Gasteiger partial charge in [0.2, 0.25) is 5.91 Å². The summed E-state index contributed by atoms with van der Waals surface area (Å²) in [5, 5.41) is 18.3. The van der Waals surface area contributed by atoms with Crippen LogP contribution in [0, 0.1) is 18.8 Å². The van der Waals surface area contributed by atoms with Gasteiger partial charge >= 0.3 is 0 Å². The SMILES string of the molecule is Cc1nn(C)cc1CNC(=O)C1C2CCC(O2)C1C(=O)[O-]. The van der Waals surface area contributed by atoms with Crippen molar-refractivity contribution in [2.45, 2.75) is 38.5 Å². The predicted molar refractivity (Wildman–Crippen MR) is 69.7 cm³/mol. The van der Waals surface area contributed by atoms with Gasteiger partial charge in [0.05, 0.1) is 23.8 Å². The molecule has 0 aliphatic carbocycles. The molecular formula is C14H18N3O4-. The van der Waals surface area contributed by atoms with Crippen molar-refractivity contribution in [2.24, 2.45) is 18.9 Å².